The van der Waals surface area contributed by atoms with E-state index in [0.717, 1.165) is 5.69 Å². The average molecular weight is 225 g/mol. The van der Waals surface area contributed by atoms with Crippen LogP contribution in [-0.4, -0.2) is 4.98 Å². The van der Waals surface area contributed by atoms with Crippen LogP contribution in [0.2, 0.25) is 0 Å². The van der Waals surface area contributed by atoms with Crippen molar-refractivity contribution in [1.82, 2.24) is 4.98 Å². The molecular formula is C16H19N. The van der Waals surface area contributed by atoms with Gasteiger partial charge in [-0.1, -0.05) is 37.6 Å². The highest BCUT2D eigenvalue weighted by molar-refractivity contribution is 5.64. The van der Waals surface area contributed by atoms with Gasteiger partial charge in [-0.3, -0.25) is 4.98 Å². The van der Waals surface area contributed by atoms with Gasteiger partial charge in [-0.15, -0.1) is 0 Å². The van der Waals surface area contributed by atoms with E-state index in [9.17, 15) is 0 Å². The second kappa shape index (κ2) is 5.62. The molecule has 0 unspecified atom stereocenters. The predicted molar refractivity (Wildman–Crippen MR) is 73.0 cm³/mol. The molecule has 0 N–H and O–H groups in total. The SMILES string of the molecule is CCCCc1cccc(-c2ccccn2)c1C. The van der Waals surface area contributed by atoms with E-state index in [1.54, 1.807) is 0 Å². The van der Waals surface area contributed by atoms with Gasteiger partial charge < -0.3 is 0 Å². The fourth-order valence-electron chi connectivity index (χ4n) is 2.12. The van der Waals surface area contributed by atoms with Crippen molar-refractivity contribution in [2.24, 2.45) is 0 Å². The van der Waals surface area contributed by atoms with E-state index in [1.807, 2.05) is 18.3 Å². The van der Waals surface area contributed by atoms with E-state index in [4.69, 9.17) is 0 Å². The zero-order valence-electron chi connectivity index (χ0n) is 10.6. The van der Waals surface area contributed by atoms with Gasteiger partial charge in [0.15, 0.2) is 0 Å². The Morgan fingerprint density at radius 1 is 1.06 bits per heavy atom. The van der Waals surface area contributed by atoms with E-state index in [2.05, 4.69) is 43.1 Å². The largest absolute Gasteiger partial charge is 0.256 e. The molecule has 0 saturated carbocycles. The molecule has 1 heterocycles. The van der Waals surface area contributed by atoms with Crippen molar-refractivity contribution in [3.8, 4) is 11.3 Å². The number of hydrogen-bond acceptors (Lipinski definition) is 1. The Balaban J connectivity index is 2.36. The third-order valence-electron chi connectivity index (χ3n) is 3.19. The van der Waals surface area contributed by atoms with Gasteiger partial charge in [0.1, 0.15) is 0 Å². The Morgan fingerprint density at radius 2 is 1.94 bits per heavy atom. The van der Waals surface area contributed by atoms with Gasteiger partial charge in [-0.2, -0.15) is 0 Å². The lowest BCUT2D eigenvalue weighted by molar-refractivity contribution is 0.791. The molecule has 17 heavy (non-hydrogen) atoms. The number of rotatable bonds is 4. The number of hydrogen-bond donors (Lipinski definition) is 0. The summed E-state index contributed by atoms with van der Waals surface area (Å²) in [5.74, 6) is 0. The van der Waals surface area contributed by atoms with Gasteiger partial charge in [0.2, 0.25) is 0 Å². The number of aromatic nitrogens is 1. The van der Waals surface area contributed by atoms with Gasteiger partial charge in [0, 0.05) is 11.8 Å². The Morgan fingerprint density at radius 3 is 2.65 bits per heavy atom. The molecule has 0 amide bonds. The zero-order chi connectivity index (χ0) is 12.1. The molecule has 2 rings (SSSR count). The van der Waals surface area contributed by atoms with Crippen LogP contribution in [-0.2, 0) is 6.42 Å². The Labute approximate surface area is 104 Å². The maximum absolute atomic E-state index is 4.43. The van der Waals surface area contributed by atoms with Crippen LogP contribution in [0, 0.1) is 6.92 Å². The maximum Gasteiger partial charge on any atom is 0.0704 e. The van der Waals surface area contributed by atoms with Crippen LogP contribution < -0.4 is 0 Å². The fraction of sp³-hybridized carbons (Fsp3) is 0.312. The maximum atomic E-state index is 4.43. The monoisotopic (exact) mass is 225 g/mol. The minimum absolute atomic E-state index is 1.07. The smallest absolute Gasteiger partial charge is 0.0704 e. The van der Waals surface area contributed by atoms with Crippen molar-refractivity contribution in [2.75, 3.05) is 0 Å². The summed E-state index contributed by atoms with van der Waals surface area (Å²) in [6, 6.07) is 12.6. The molecule has 1 heteroatoms. The topological polar surface area (TPSA) is 12.9 Å². The second-order valence-corrected chi connectivity index (χ2v) is 4.41. The minimum atomic E-state index is 1.07. The summed E-state index contributed by atoms with van der Waals surface area (Å²) in [6.45, 7) is 4.44. The summed E-state index contributed by atoms with van der Waals surface area (Å²) >= 11 is 0. The first-order valence-corrected chi connectivity index (χ1v) is 6.33. The van der Waals surface area contributed by atoms with Crippen LogP contribution in [0.5, 0.6) is 0 Å². The van der Waals surface area contributed by atoms with E-state index >= 15 is 0 Å². The van der Waals surface area contributed by atoms with Crippen LogP contribution >= 0.6 is 0 Å². The Hall–Kier alpha value is -1.63. The van der Waals surface area contributed by atoms with Gasteiger partial charge in [0.05, 0.1) is 5.69 Å². The highest BCUT2D eigenvalue weighted by Gasteiger charge is 2.06. The van der Waals surface area contributed by atoms with Crippen LogP contribution in [0.3, 0.4) is 0 Å². The highest BCUT2D eigenvalue weighted by atomic mass is 14.7. The number of unbranched alkanes of at least 4 members (excludes halogenated alkanes) is 1. The molecule has 1 aromatic heterocycles. The van der Waals surface area contributed by atoms with Crippen molar-refractivity contribution in [3.05, 3.63) is 53.7 Å². The molecular weight excluding hydrogens is 206 g/mol. The third-order valence-corrected chi connectivity index (χ3v) is 3.19. The summed E-state index contributed by atoms with van der Waals surface area (Å²) in [6.07, 6.45) is 5.52. The molecule has 0 aliphatic heterocycles. The molecule has 0 atom stereocenters. The van der Waals surface area contributed by atoms with Crippen molar-refractivity contribution < 1.29 is 0 Å². The lowest BCUT2D eigenvalue weighted by atomic mass is 9.96. The van der Waals surface area contributed by atoms with Crippen molar-refractivity contribution in [3.63, 3.8) is 0 Å². The molecule has 0 aliphatic rings. The number of nitrogens with zero attached hydrogens (tertiary/aromatic N) is 1. The minimum Gasteiger partial charge on any atom is -0.256 e. The Kier molecular flexibility index (Phi) is 3.92. The average Bonchev–Trinajstić information content (AvgIpc) is 2.39. The molecule has 1 nitrogen and oxygen atoms in total. The van der Waals surface area contributed by atoms with Gasteiger partial charge in [-0.25, -0.2) is 0 Å². The van der Waals surface area contributed by atoms with Crippen LogP contribution in [0.15, 0.2) is 42.6 Å². The quantitative estimate of drug-likeness (QED) is 0.751. The molecule has 0 fully saturated rings. The molecule has 1 aromatic carbocycles. The first-order chi connectivity index (χ1) is 8.33. The molecule has 0 spiro atoms. The second-order valence-electron chi connectivity index (χ2n) is 4.41. The first-order valence-electron chi connectivity index (χ1n) is 6.33. The summed E-state index contributed by atoms with van der Waals surface area (Å²) < 4.78 is 0. The molecule has 0 aliphatic carbocycles. The summed E-state index contributed by atoms with van der Waals surface area (Å²) in [5.41, 5.74) is 5.16. The third kappa shape index (κ3) is 2.73. The first kappa shape index (κ1) is 11.8. The number of aryl methyl sites for hydroxylation is 1. The van der Waals surface area contributed by atoms with Crippen molar-refractivity contribution >= 4 is 0 Å². The van der Waals surface area contributed by atoms with Crippen LogP contribution in [0.1, 0.15) is 30.9 Å². The van der Waals surface area contributed by atoms with Crippen LogP contribution in [0.25, 0.3) is 11.3 Å². The standard InChI is InChI=1S/C16H19N/c1-3-4-8-14-9-7-10-15(13(14)2)16-11-5-6-12-17-16/h5-7,9-12H,3-4,8H2,1-2H3. The van der Waals surface area contributed by atoms with E-state index < -0.39 is 0 Å². The fourth-order valence-corrected chi connectivity index (χ4v) is 2.12. The lowest BCUT2D eigenvalue weighted by Gasteiger charge is -2.10. The summed E-state index contributed by atoms with van der Waals surface area (Å²) in [7, 11) is 0. The highest BCUT2D eigenvalue weighted by Crippen LogP contribution is 2.24. The van der Waals surface area contributed by atoms with Gasteiger partial charge in [0.25, 0.3) is 0 Å². The Bertz CT molecular complexity index is 474. The molecule has 0 radical (unpaired) electrons. The molecule has 0 saturated heterocycles. The predicted octanol–water partition coefficient (Wildman–Crippen LogP) is 4.40. The molecule has 88 valence electrons. The summed E-state index contributed by atoms with van der Waals surface area (Å²) in [5, 5.41) is 0. The van der Waals surface area contributed by atoms with Gasteiger partial charge in [-0.05, 0) is 43.0 Å². The van der Waals surface area contributed by atoms with Crippen molar-refractivity contribution in [2.45, 2.75) is 33.1 Å². The van der Waals surface area contributed by atoms with E-state index in [0.29, 0.717) is 0 Å². The lowest BCUT2D eigenvalue weighted by Crippen LogP contribution is -1.93. The van der Waals surface area contributed by atoms with E-state index in [1.165, 1.54) is 36.0 Å². The zero-order valence-corrected chi connectivity index (χ0v) is 10.6. The molecule has 0 bridgehead atoms. The molecule has 2 aromatic rings. The van der Waals surface area contributed by atoms with Crippen LogP contribution in [0.4, 0.5) is 0 Å². The number of pyridine rings is 1. The van der Waals surface area contributed by atoms with E-state index in [-0.39, 0.29) is 0 Å². The van der Waals surface area contributed by atoms with Crippen molar-refractivity contribution in [1.29, 1.82) is 0 Å². The number of benzene rings is 1. The summed E-state index contributed by atoms with van der Waals surface area (Å²) in [4.78, 5) is 4.43. The van der Waals surface area contributed by atoms with Gasteiger partial charge >= 0.3 is 0 Å². The normalized spacial score (nSPS) is 10.5.